The number of phenols is 1. The molecule has 1 aromatic rings. The van der Waals surface area contributed by atoms with Crippen molar-refractivity contribution in [2.45, 2.75) is 184 Å². The zero-order chi connectivity index (χ0) is 56.5. The number of hydrogen-bond acceptors (Lipinski definition) is 14. The van der Waals surface area contributed by atoms with Crippen LogP contribution in [-0.2, 0) is 64.0 Å². The van der Waals surface area contributed by atoms with Gasteiger partial charge in [-0.05, 0) is 49.3 Å². The Hall–Kier alpha value is -7.38. The molecule has 0 radical (unpaired) electrons. The molecule has 2 heterocycles. The van der Waals surface area contributed by atoms with Crippen LogP contribution in [-0.4, -0.2) is 147 Å². The number of unbranched alkanes of at least 4 members (excludes halogenated alkanes) is 7. The second-order valence-electron chi connectivity index (χ2n) is 19.9. The molecule has 2 aliphatic heterocycles. The van der Waals surface area contributed by atoms with Gasteiger partial charge in [-0.25, -0.2) is 0 Å². The molecular weight excluding hydrogens is 993 g/mol. The second kappa shape index (κ2) is 32.1. The third-order valence-corrected chi connectivity index (χ3v) is 13.0. The summed E-state index contributed by atoms with van der Waals surface area (Å²) < 4.78 is 0. The molecule has 76 heavy (non-hydrogen) atoms. The largest absolute Gasteiger partial charge is 0.508 e. The molecule has 0 bridgehead atoms. The maximum Gasteiger partial charge on any atom is 0.245 e. The number of nitrogens with zero attached hydrogens (tertiary/aromatic N) is 1. The number of nitrogens with two attached hydrogens (primary N) is 4. The van der Waals surface area contributed by atoms with Gasteiger partial charge < -0.3 is 75.3 Å². The summed E-state index contributed by atoms with van der Waals surface area (Å²) >= 11 is 0. The van der Waals surface area contributed by atoms with Crippen molar-refractivity contribution in [2.75, 3.05) is 13.2 Å². The fraction of sp³-hybridized carbons (Fsp3) is 0.640. The lowest BCUT2D eigenvalue weighted by molar-refractivity contribution is -0.143. The highest BCUT2D eigenvalue weighted by Crippen LogP contribution is 2.21. The summed E-state index contributed by atoms with van der Waals surface area (Å²) in [5.74, 6) is -12.0. The quantitative estimate of drug-likeness (QED) is 0.0492. The molecule has 2 saturated heterocycles. The van der Waals surface area contributed by atoms with Crippen molar-refractivity contribution < 1.29 is 67.7 Å². The number of aliphatic hydroxyl groups is 1. The van der Waals surface area contributed by atoms with Crippen molar-refractivity contribution in [3.63, 3.8) is 0 Å². The number of carbonyl (C=O) groups is 12. The maximum atomic E-state index is 14.3. The van der Waals surface area contributed by atoms with E-state index in [-0.39, 0.29) is 38.0 Å². The van der Waals surface area contributed by atoms with Gasteiger partial charge in [0.25, 0.3) is 0 Å². The number of nitrogens with one attached hydrogen (secondary N) is 7. The first-order chi connectivity index (χ1) is 36.0. The fourth-order valence-electron chi connectivity index (χ4n) is 8.91. The summed E-state index contributed by atoms with van der Waals surface area (Å²) in [6.45, 7) is 3.27. The molecule has 1 aromatic carbocycles. The van der Waals surface area contributed by atoms with E-state index in [0.29, 0.717) is 24.3 Å². The van der Waals surface area contributed by atoms with E-state index in [9.17, 15) is 67.7 Å². The van der Waals surface area contributed by atoms with Gasteiger partial charge in [0.1, 0.15) is 48.0 Å². The van der Waals surface area contributed by atoms with Crippen molar-refractivity contribution >= 4 is 70.9 Å². The van der Waals surface area contributed by atoms with Crippen molar-refractivity contribution in [3.05, 3.63) is 29.8 Å². The first-order valence-corrected chi connectivity index (χ1v) is 25.9. The molecule has 2 aliphatic rings. The minimum absolute atomic E-state index is 0.00282. The number of rotatable bonds is 23. The van der Waals surface area contributed by atoms with Gasteiger partial charge in [-0.1, -0.05) is 83.8 Å². The zero-order valence-corrected chi connectivity index (χ0v) is 43.4. The maximum absolute atomic E-state index is 14.3. The number of primary amides is 4. The fourth-order valence-corrected chi connectivity index (χ4v) is 8.91. The number of benzene rings is 1. The van der Waals surface area contributed by atoms with Crippen LogP contribution in [0.3, 0.4) is 0 Å². The van der Waals surface area contributed by atoms with E-state index in [1.54, 1.807) is 0 Å². The van der Waals surface area contributed by atoms with Crippen LogP contribution in [0.5, 0.6) is 5.75 Å². The average molecular weight is 1070 g/mol. The second-order valence-corrected chi connectivity index (χ2v) is 19.9. The van der Waals surface area contributed by atoms with E-state index in [2.05, 4.69) is 51.1 Å². The summed E-state index contributed by atoms with van der Waals surface area (Å²) in [6, 6.07) is -7.35. The lowest BCUT2D eigenvalue weighted by atomic mass is 10.0. The summed E-state index contributed by atoms with van der Waals surface area (Å²) in [7, 11) is 0. The highest BCUT2D eigenvalue weighted by molar-refractivity contribution is 6.00. The molecule has 12 amide bonds. The van der Waals surface area contributed by atoms with Gasteiger partial charge in [0.05, 0.1) is 25.9 Å². The smallest absolute Gasteiger partial charge is 0.245 e. The van der Waals surface area contributed by atoms with Crippen LogP contribution in [0.4, 0.5) is 0 Å². The summed E-state index contributed by atoms with van der Waals surface area (Å²) in [5.41, 5.74) is 22.2. The molecule has 0 aromatic heterocycles. The van der Waals surface area contributed by atoms with E-state index >= 15 is 0 Å². The number of fused-ring (bicyclic) bond motifs is 1. The third-order valence-electron chi connectivity index (χ3n) is 13.0. The number of hydrogen-bond donors (Lipinski definition) is 13. The number of phenolic OH excluding ortho intramolecular Hbond substituents is 1. The monoisotopic (exact) mass is 1070 g/mol. The highest BCUT2D eigenvalue weighted by atomic mass is 16.3. The Kier molecular flexibility index (Phi) is 26.6. The van der Waals surface area contributed by atoms with E-state index in [4.69, 9.17) is 22.9 Å². The van der Waals surface area contributed by atoms with Crippen LogP contribution < -0.4 is 60.2 Å². The molecule has 26 heteroatoms. The van der Waals surface area contributed by atoms with Crippen LogP contribution in [0.15, 0.2) is 24.3 Å². The van der Waals surface area contributed by atoms with Gasteiger partial charge >= 0.3 is 0 Å². The number of carbonyl (C=O) groups excluding carboxylic acids is 12. The molecule has 422 valence electrons. The lowest BCUT2D eigenvalue weighted by Gasteiger charge is -2.31. The minimum Gasteiger partial charge on any atom is -0.508 e. The molecule has 0 spiro atoms. The molecule has 26 nitrogen and oxygen atoms in total. The van der Waals surface area contributed by atoms with Crippen molar-refractivity contribution in [2.24, 2.45) is 28.9 Å². The highest BCUT2D eigenvalue weighted by Gasteiger charge is 2.41. The van der Waals surface area contributed by atoms with E-state index in [0.717, 1.165) is 49.8 Å². The van der Waals surface area contributed by atoms with Crippen LogP contribution in [0, 0.1) is 5.92 Å². The first-order valence-electron chi connectivity index (χ1n) is 25.9. The predicted octanol–water partition coefficient (Wildman–Crippen LogP) is -2.84. The van der Waals surface area contributed by atoms with Crippen molar-refractivity contribution in [3.8, 4) is 5.75 Å². The molecule has 0 unspecified atom stereocenters. The zero-order valence-electron chi connectivity index (χ0n) is 43.4. The summed E-state index contributed by atoms with van der Waals surface area (Å²) in [5, 5.41) is 37.3. The molecule has 17 N–H and O–H groups in total. The number of aliphatic hydroxyl groups excluding tert-OH is 1. The Bertz CT molecular complexity index is 2210. The topological polar surface area (TPSA) is 437 Å². The molecule has 2 fully saturated rings. The van der Waals surface area contributed by atoms with Crippen LogP contribution in [0.2, 0.25) is 0 Å². The Labute approximate surface area is 441 Å². The van der Waals surface area contributed by atoms with Gasteiger partial charge in [-0.2, -0.15) is 0 Å². The standard InChI is InChI=1S/C50H78N12O14/c1-28(2)12-9-7-5-3-4-6-8-10-13-30-23-43(69)56-34(24-40(52)66)45(71)58-33(22-29-15-17-31(64)18-16-29)44(70)59-35(25-41(53)67)46(72)57-32(19-20-39(51)65)50(76)62-21-11-14-38(62)49(75)60-36(26-42(54)68)47(73)61-37(27-63)48(74)55-30/h15-18,28,30,32-38,63-64H,3-14,19-27H2,1-2H3,(H2,51,65)(H2,52,66)(H2,53,67)(H2,54,68)(H,55,74)(H,56,69)(H,57,72)(H,58,71)(H,59,70)(H,60,75)(H,61,73)/t30-,32+,33-,34+,35-,36-,37+,38+/m1/s1. The first kappa shape index (κ1) is 62.9. The normalized spacial score (nSPS) is 23.8. The Morgan fingerprint density at radius 1 is 0.566 bits per heavy atom. The molecule has 0 saturated carbocycles. The van der Waals surface area contributed by atoms with Crippen molar-refractivity contribution in [1.82, 2.24) is 42.1 Å². The van der Waals surface area contributed by atoms with Gasteiger partial charge in [0.15, 0.2) is 0 Å². The predicted molar refractivity (Wildman–Crippen MR) is 273 cm³/mol. The van der Waals surface area contributed by atoms with Gasteiger partial charge in [-0.15, -0.1) is 0 Å². The van der Waals surface area contributed by atoms with E-state index < -0.39 is 164 Å². The minimum atomic E-state index is -1.86. The van der Waals surface area contributed by atoms with Crippen molar-refractivity contribution in [1.29, 1.82) is 0 Å². The number of amides is 12. The van der Waals surface area contributed by atoms with E-state index in [1.165, 1.54) is 24.3 Å². The molecule has 8 atom stereocenters. The van der Waals surface area contributed by atoms with Gasteiger partial charge in [0, 0.05) is 31.8 Å². The van der Waals surface area contributed by atoms with E-state index in [1.807, 2.05) is 0 Å². The molecule has 3 rings (SSSR count). The summed E-state index contributed by atoms with van der Waals surface area (Å²) in [6.07, 6.45) is 4.63. The summed E-state index contributed by atoms with van der Waals surface area (Å²) in [4.78, 5) is 162. The Morgan fingerprint density at radius 3 is 1.55 bits per heavy atom. The lowest BCUT2D eigenvalue weighted by Crippen LogP contribution is -2.60. The van der Waals surface area contributed by atoms with Crippen LogP contribution >= 0.6 is 0 Å². The van der Waals surface area contributed by atoms with Gasteiger partial charge in [-0.3, -0.25) is 57.5 Å². The third kappa shape index (κ3) is 22.6. The molecule has 0 aliphatic carbocycles. The average Bonchev–Trinajstić information content (AvgIpc) is 3.84. The Morgan fingerprint density at radius 2 is 1.03 bits per heavy atom. The van der Waals surface area contributed by atoms with Gasteiger partial charge in [0.2, 0.25) is 70.9 Å². The Balaban J connectivity index is 2.10. The van der Waals surface area contributed by atoms with Crippen LogP contribution in [0.1, 0.15) is 135 Å². The SMILES string of the molecule is CC(C)CCCCCCCCCC[C@@H]1CC(=O)N[C@@H](CC(N)=O)C(=O)N[C@H](Cc2ccc(O)cc2)C(=O)N[C@H](CC(N)=O)C(=O)N[C@@H](CCC(N)=O)C(=O)N2CCC[C@H]2C(=O)N[C@H](CC(N)=O)C(=O)N[C@@H](CO)C(=O)N1. The number of aromatic hydroxyl groups is 1. The molecular formula is C50H78N12O14. The van der Waals surface area contributed by atoms with Crippen LogP contribution in [0.25, 0.3) is 0 Å².